The number of hydrogen-bond acceptors (Lipinski definition) is 9. The molecule has 0 aliphatic carbocycles. The molecule has 1 aliphatic rings. The van der Waals surface area contributed by atoms with Crippen LogP contribution in [0.2, 0.25) is 0 Å². The van der Waals surface area contributed by atoms with Crippen molar-refractivity contribution in [3.8, 4) is 0 Å². The minimum atomic E-state index is -1.38. The Balaban J connectivity index is 2.47. The van der Waals surface area contributed by atoms with E-state index in [1.54, 1.807) is 30.3 Å². The zero-order valence-corrected chi connectivity index (χ0v) is 31.9. The summed E-state index contributed by atoms with van der Waals surface area (Å²) in [5, 5.41) is 18.4. The molecule has 0 saturated carbocycles. The van der Waals surface area contributed by atoms with Gasteiger partial charge in [-0.25, -0.2) is 0 Å². The van der Waals surface area contributed by atoms with Crippen LogP contribution in [0.25, 0.3) is 0 Å². The van der Waals surface area contributed by atoms with Crippen LogP contribution in [0.4, 0.5) is 0 Å². The molecule has 19 heteroatoms. The second-order valence-corrected chi connectivity index (χ2v) is 13.9. The van der Waals surface area contributed by atoms with Crippen molar-refractivity contribution in [2.45, 2.75) is 115 Å². The van der Waals surface area contributed by atoms with E-state index < -0.39 is 89.9 Å². The number of nitrogens with two attached hydrogens (primary N) is 3. The molecule has 1 aromatic carbocycles. The molecule has 8 amide bonds. The Morgan fingerprint density at radius 1 is 0.873 bits per heavy atom. The zero-order valence-electron chi connectivity index (χ0n) is 31.9. The Morgan fingerprint density at radius 2 is 1.53 bits per heavy atom. The molecule has 1 heterocycles. The minimum absolute atomic E-state index is 0.0194. The monoisotopic (exact) mass is 771 g/mol. The second-order valence-electron chi connectivity index (χ2n) is 13.9. The molecule has 1 aliphatic heterocycles. The number of benzene rings is 1. The van der Waals surface area contributed by atoms with Gasteiger partial charge in [0.2, 0.25) is 47.3 Å². The van der Waals surface area contributed by atoms with Gasteiger partial charge in [0.15, 0.2) is 5.96 Å². The molecule has 1 saturated heterocycles. The van der Waals surface area contributed by atoms with Crippen LogP contribution in [0, 0.1) is 5.92 Å². The maximum Gasteiger partial charge on any atom is 0.243 e. The molecule has 1 fully saturated rings. The van der Waals surface area contributed by atoms with Crippen LogP contribution in [-0.2, 0) is 44.8 Å². The summed E-state index contributed by atoms with van der Waals surface area (Å²) in [6, 6.07) is 1.65. The van der Waals surface area contributed by atoms with Gasteiger partial charge >= 0.3 is 0 Å². The van der Waals surface area contributed by atoms with Crippen LogP contribution in [0.1, 0.15) is 78.2 Å². The number of rotatable bonds is 12. The van der Waals surface area contributed by atoms with E-state index in [2.05, 4.69) is 42.2 Å². The summed E-state index contributed by atoms with van der Waals surface area (Å²) in [6.07, 6.45) is 0.912. The van der Waals surface area contributed by atoms with Crippen LogP contribution in [0.5, 0.6) is 0 Å². The van der Waals surface area contributed by atoms with E-state index in [9.17, 15) is 38.4 Å². The largest absolute Gasteiger partial charge is 0.370 e. The lowest BCUT2D eigenvalue weighted by atomic mass is 10.00. The van der Waals surface area contributed by atoms with Crippen molar-refractivity contribution in [2.24, 2.45) is 28.1 Å². The van der Waals surface area contributed by atoms with Gasteiger partial charge in [-0.2, -0.15) is 0 Å². The lowest BCUT2D eigenvalue weighted by Gasteiger charge is -2.28. The Morgan fingerprint density at radius 3 is 2.15 bits per heavy atom. The zero-order chi connectivity index (χ0) is 41.1. The Kier molecular flexibility index (Phi) is 19.1. The third kappa shape index (κ3) is 17.3. The summed E-state index contributed by atoms with van der Waals surface area (Å²) < 4.78 is 0. The number of carbonyl (C=O) groups is 8. The predicted molar refractivity (Wildman–Crippen MR) is 203 cm³/mol. The van der Waals surface area contributed by atoms with Crippen LogP contribution in [-0.4, -0.2) is 103 Å². The standard InChI is InChI=1S/C36H57N11O8/c1-20(2)17-27-35(55)47-28(18-23-11-6-5-7-12-23)34(54)42-21(3)31(51)45-26(30(37)50)19-29(49)40-15-9-8-13-25(33(53)46-27)44-32(52)24(43-22(4)48)14-10-16-41-36(38)39/h5-7,11-12,20-21,24-28H,8-10,13-19H2,1-4H3,(H2,37,50)(H,40,49)(H,42,54)(H,43,48)(H,44,52)(H,45,51)(H,46,53)(H,47,55)(H4,38,39,41)/t21-,24-,25-,26-,27-,28-/m0/s1. The van der Waals surface area contributed by atoms with Gasteiger partial charge in [-0.1, -0.05) is 44.2 Å². The first-order chi connectivity index (χ1) is 26.0. The molecular weight excluding hydrogens is 714 g/mol. The van der Waals surface area contributed by atoms with Crippen molar-refractivity contribution in [1.29, 1.82) is 0 Å². The molecule has 55 heavy (non-hydrogen) atoms. The summed E-state index contributed by atoms with van der Waals surface area (Å²) in [5.41, 5.74) is 16.9. The van der Waals surface area contributed by atoms with Crippen molar-refractivity contribution in [3.05, 3.63) is 35.9 Å². The summed E-state index contributed by atoms with van der Waals surface area (Å²) >= 11 is 0. The maximum absolute atomic E-state index is 13.9. The SMILES string of the molecule is CC(=O)N[C@@H](CCCN=C(N)N)C(=O)N[C@H]1CCCCNC(=O)C[C@@H](C(N)=O)NC(=O)[C@H](C)NC(=O)[C@H](Cc2ccccc2)NC(=O)[C@H](CC(C)C)NC1=O. The smallest absolute Gasteiger partial charge is 0.243 e. The molecule has 0 aromatic heterocycles. The van der Waals surface area contributed by atoms with Gasteiger partial charge in [-0.05, 0) is 56.9 Å². The molecular formula is C36H57N11O8. The number of guanidine groups is 1. The molecule has 19 nitrogen and oxygen atoms in total. The average Bonchev–Trinajstić information content (AvgIpc) is 3.10. The normalized spacial score (nSPS) is 22.7. The van der Waals surface area contributed by atoms with Crippen molar-refractivity contribution in [3.63, 3.8) is 0 Å². The fourth-order valence-electron chi connectivity index (χ4n) is 5.72. The van der Waals surface area contributed by atoms with E-state index in [1.165, 1.54) is 13.8 Å². The number of carbonyl (C=O) groups excluding carboxylic acids is 8. The number of hydrogen-bond donors (Lipinski definition) is 10. The fourth-order valence-corrected chi connectivity index (χ4v) is 5.72. The Hall–Kier alpha value is -5.75. The molecule has 2 rings (SSSR count). The molecule has 1 aromatic rings. The van der Waals surface area contributed by atoms with Crippen molar-refractivity contribution >= 4 is 53.2 Å². The molecule has 0 spiro atoms. The van der Waals surface area contributed by atoms with Crippen molar-refractivity contribution in [2.75, 3.05) is 13.1 Å². The first kappa shape index (κ1) is 45.4. The molecule has 0 bridgehead atoms. The number of primary amides is 1. The van der Waals surface area contributed by atoms with Gasteiger partial charge in [0.25, 0.3) is 0 Å². The summed E-state index contributed by atoms with van der Waals surface area (Å²) in [5.74, 6) is -5.78. The third-order valence-corrected chi connectivity index (χ3v) is 8.57. The minimum Gasteiger partial charge on any atom is -0.370 e. The van der Waals surface area contributed by atoms with Gasteiger partial charge in [-0.3, -0.25) is 43.3 Å². The predicted octanol–water partition coefficient (Wildman–Crippen LogP) is -2.55. The molecule has 6 atom stereocenters. The highest BCUT2D eigenvalue weighted by atomic mass is 16.2. The summed E-state index contributed by atoms with van der Waals surface area (Å²) in [6.45, 7) is 6.62. The summed E-state index contributed by atoms with van der Waals surface area (Å²) in [7, 11) is 0. The van der Waals surface area contributed by atoms with Crippen LogP contribution >= 0.6 is 0 Å². The van der Waals surface area contributed by atoms with E-state index in [1.807, 2.05) is 13.8 Å². The third-order valence-electron chi connectivity index (χ3n) is 8.57. The molecule has 0 radical (unpaired) electrons. The molecule has 304 valence electrons. The highest BCUT2D eigenvalue weighted by molar-refractivity contribution is 5.97. The topological polar surface area (TPSA) is 311 Å². The molecule has 13 N–H and O–H groups in total. The lowest BCUT2D eigenvalue weighted by Crippen LogP contribution is -2.60. The van der Waals surface area contributed by atoms with Crippen molar-refractivity contribution in [1.82, 2.24) is 37.2 Å². The van der Waals surface area contributed by atoms with Gasteiger partial charge in [0.1, 0.15) is 36.3 Å². The number of amides is 8. The highest BCUT2D eigenvalue weighted by Gasteiger charge is 2.33. The number of aliphatic imine (C=N–C) groups is 1. The first-order valence-corrected chi connectivity index (χ1v) is 18.4. The van der Waals surface area contributed by atoms with Gasteiger partial charge in [-0.15, -0.1) is 0 Å². The van der Waals surface area contributed by atoms with Crippen LogP contribution < -0.4 is 54.4 Å². The quantitative estimate of drug-likeness (QED) is 0.0603. The van der Waals surface area contributed by atoms with E-state index in [0.717, 1.165) is 0 Å². The fraction of sp³-hybridized carbons (Fsp3) is 0.583. The van der Waals surface area contributed by atoms with E-state index in [-0.39, 0.29) is 50.7 Å². The maximum atomic E-state index is 13.9. The second kappa shape index (κ2) is 23.1. The van der Waals surface area contributed by atoms with E-state index in [0.29, 0.717) is 24.8 Å². The summed E-state index contributed by atoms with van der Waals surface area (Å²) in [4.78, 5) is 109. The van der Waals surface area contributed by atoms with Crippen LogP contribution in [0.3, 0.4) is 0 Å². The van der Waals surface area contributed by atoms with E-state index >= 15 is 0 Å². The van der Waals surface area contributed by atoms with Gasteiger partial charge < -0.3 is 54.4 Å². The highest BCUT2D eigenvalue weighted by Crippen LogP contribution is 2.11. The van der Waals surface area contributed by atoms with E-state index in [4.69, 9.17) is 17.2 Å². The average molecular weight is 772 g/mol. The van der Waals surface area contributed by atoms with Crippen LogP contribution in [0.15, 0.2) is 35.3 Å². The lowest BCUT2D eigenvalue weighted by molar-refractivity contribution is -0.135. The first-order valence-electron chi connectivity index (χ1n) is 18.4. The van der Waals surface area contributed by atoms with Gasteiger partial charge in [0, 0.05) is 26.4 Å². The Bertz CT molecular complexity index is 1530. The van der Waals surface area contributed by atoms with Gasteiger partial charge in [0.05, 0.1) is 6.42 Å². The van der Waals surface area contributed by atoms with Crippen molar-refractivity contribution < 1.29 is 38.4 Å². The molecule has 0 unspecified atom stereocenters. The number of nitrogens with zero attached hydrogens (tertiary/aromatic N) is 1. The Labute approximate surface area is 320 Å². The number of nitrogens with one attached hydrogen (secondary N) is 7.